The van der Waals surface area contributed by atoms with E-state index in [-0.39, 0.29) is 5.97 Å². The van der Waals surface area contributed by atoms with E-state index in [0.717, 1.165) is 25.7 Å². The molecule has 0 aliphatic rings. The van der Waals surface area contributed by atoms with Crippen molar-refractivity contribution in [3.63, 3.8) is 0 Å². The van der Waals surface area contributed by atoms with Crippen molar-refractivity contribution in [2.45, 2.75) is 59.0 Å². The number of ether oxygens (including phenoxy) is 1. The number of hydrogen-bond acceptors (Lipinski definition) is 2. The summed E-state index contributed by atoms with van der Waals surface area (Å²) in [4.78, 5) is 11.4. The van der Waals surface area contributed by atoms with Crippen molar-refractivity contribution in [2.24, 2.45) is 5.92 Å². The van der Waals surface area contributed by atoms with Crippen LogP contribution in [0.25, 0.3) is 0 Å². The molecule has 0 radical (unpaired) electrons. The fourth-order valence-corrected chi connectivity index (χ4v) is 3.59. The number of carbonyl (C=O) groups is 1. The molecule has 2 nitrogen and oxygen atoms in total. The molecule has 0 fully saturated rings. The van der Waals surface area contributed by atoms with Gasteiger partial charge < -0.3 is 4.74 Å². The molecule has 0 aliphatic heterocycles. The molecule has 1 unspecified atom stereocenters. The number of hydrogen-bond donors (Lipinski definition) is 0. The Morgan fingerprint density at radius 1 is 1.04 bits per heavy atom. The molecule has 0 bridgehead atoms. The van der Waals surface area contributed by atoms with E-state index in [0.29, 0.717) is 5.92 Å². The van der Waals surface area contributed by atoms with Gasteiger partial charge in [-0.25, -0.2) is 0 Å². The third kappa shape index (κ3) is 7.13. The van der Waals surface area contributed by atoms with Gasteiger partial charge in [-0.3, -0.25) is 4.79 Å². The van der Waals surface area contributed by atoms with E-state index in [1.807, 2.05) is 13.8 Å². The van der Waals surface area contributed by atoms with E-state index >= 15 is 0 Å². The van der Waals surface area contributed by atoms with Gasteiger partial charge in [-0.2, -0.15) is 0 Å². The molecule has 2 aromatic rings. The molecule has 0 saturated carbocycles. The van der Waals surface area contributed by atoms with Gasteiger partial charge in [-0.15, -0.1) is 0 Å². The minimum Gasteiger partial charge on any atom is -0.460 e. The maximum Gasteiger partial charge on any atom is 0.303 e. The van der Waals surface area contributed by atoms with Gasteiger partial charge in [0.15, 0.2) is 0 Å². The average Bonchev–Trinajstić information content (AvgIpc) is 2.52. The maximum atomic E-state index is 11.4. The molecule has 0 amide bonds. The Labute approximate surface area is 152 Å². The lowest BCUT2D eigenvalue weighted by Gasteiger charge is -2.29. The normalized spacial score (nSPS) is 12.6. The Morgan fingerprint density at radius 2 is 1.72 bits per heavy atom. The molecule has 0 saturated heterocycles. The summed E-state index contributed by atoms with van der Waals surface area (Å²) < 4.78 is 5.54. The molecular weight excluding hydrogens is 308 g/mol. The molecule has 0 aromatic heterocycles. The summed E-state index contributed by atoms with van der Waals surface area (Å²) in [6, 6.07) is 19.3. The molecule has 0 heterocycles. The van der Waals surface area contributed by atoms with Gasteiger partial charge in [0.05, 0.1) is 0 Å². The van der Waals surface area contributed by atoms with Gasteiger partial charge in [0.2, 0.25) is 0 Å². The zero-order valence-electron chi connectivity index (χ0n) is 15.9. The minimum absolute atomic E-state index is 0.206. The second kappa shape index (κ2) is 8.84. The summed E-state index contributed by atoms with van der Waals surface area (Å²) in [7, 11) is 0. The van der Waals surface area contributed by atoms with Crippen LogP contribution in [0, 0.1) is 12.8 Å². The second-order valence-electron chi connectivity index (χ2n) is 7.64. The molecule has 2 rings (SSSR count). The van der Waals surface area contributed by atoms with Crippen LogP contribution in [0.2, 0.25) is 0 Å². The lowest BCUT2D eigenvalue weighted by molar-refractivity contribution is -0.155. The van der Waals surface area contributed by atoms with Crippen LogP contribution in [-0.2, 0) is 22.4 Å². The average molecular weight is 338 g/mol. The summed E-state index contributed by atoms with van der Waals surface area (Å²) >= 11 is 0. The molecule has 2 heteroatoms. The van der Waals surface area contributed by atoms with Crippen LogP contribution >= 0.6 is 0 Å². The first-order valence-electron chi connectivity index (χ1n) is 9.13. The summed E-state index contributed by atoms with van der Waals surface area (Å²) in [5.41, 5.74) is 3.58. The van der Waals surface area contributed by atoms with Gasteiger partial charge >= 0.3 is 5.97 Å². The Bertz CT molecular complexity index is 674. The van der Waals surface area contributed by atoms with Crippen LogP contribution in [-0.4, -0.2) is 11.6 Å². The minimum atomic E-state index is -0.434. The van der Waals surface area contributed by atoms with E-state index in [9.17, 15) is 4.79 Å². The Morgan fingerprint density at radius 3 is 2.36 bits per heavy atom. The lowest BCUT2D eigenvalue weighted by atomic mass is 9.84. The molecule has 2 aromatic carbocycles. The van der Waals surface area contributed by atoms with Gasteiger partial charge in [-0.1, -0.05) is 60.2 Å². The van der Waals surface area contributed by atoms with E-state index < -0.39 is 5.60 Å². The number of rotatable bonds is 8. The fourth-order valence-electron chi connectivity index (χ4n) is 3.59. The number of esters is 1. The molecule has 0 N–H and O–H groups in total. The first-order chi connectivity index (χ1) is 11.8. The molecule has 0 spiro atoms. The first-order valence-corrected chi connectivity index (χ1v) is 9.13. The van der Waals surface area contributed by atoms with Gasteiger partial charge in [0, 0.05) is 6.92 Å². The summed E-state index contributed by atoms with van der Waals surface area (Å²) in [5, 5.41) is 0. The predicted molar refractivity (Wildman–Crippen MR) is 104 cm³/mol. The second-order valence-corrected chi connectivity index (χ2v) is 7.64. The van der Waals surface area contributed by atoms with E-state index in [2.05, 4.69) is 61.5 Å². The fraction of sp³-hybridized carbons (Fsp3) is 0.435. The zero-order chi connectivity index (χ0) is 18.3. The third-order valence-electron chi connectivity index (χ3n) is 4.49. The number of aryl methyl sites for hydroxylation is 2. The van der Waals surface area contributed by atoms with Crippen molar-refractivity contribution in [3.05, 3.63) is 71.3 Å². The van der Waals surface area contributed by atoms with Crippen LogP contribution in [0.5, 0.6) is 0 Å². The van der Waals surface area contributed by atoms with Crippen LogP contribution in [0.1, 0.15) is 50.3 Å². The SMILES string of the molecule is CC(=O)OC(C)(C)CC(CCc1ccccc1)Cc1cccc(C)c1. The smallest absolute Gasteiger partial charge is 0.303 e. The highest BCUT2D eigenvalue weighted by atomic mass is 16.6. The maximum absolute atomic E-state index is 11.4. The van der Waals surface area contributed by atoms with Crippen LogP contribution in [0.15, 0.2) is 54.6 Å². The predicted octanol–water partition coefficient (Wildman–Crippen LogP) is 5.52. The van der Waals surface area contributed by atoms with Gasteiger partial charge in [-0.05, 0) is 63.5 Å². The lowest BCUT2D eigenvalue weighted by Crippen LogP contribution is -2.30. The van der Waals surface area contributed by atoms with Crippen molar-refractivity contribution in [1.29, 1.82) is 0 Å². The Balaban J connectivity index is 2.08. The largest absolute Gasteiger partial charge is 0.460 e. The van der Waals surface area contributed by atoms with Crippen LogP contribution in [0.3, 0.4) is 0 Å². The molecule has 0 aliphatic carbocycles. The zero-order valence-corrected chi connectivity index (χ0v) is 15.9. The summed E-state index contributed by atoms with van der Waals surface area (Å²) in [6.45, 7) is 7.65. The quantitative estimate of drug-likeness (QED) is 0.593. The molecular formula is C23H30O2. The van der Waals surface area contributed by atoms with Crippen LogP contribution in [0.4, 0.5) is 0 Å². The highest BCUT2D eigenvalue weighted by Crippen LogP contribution is 2.27. The highest BCUT2D eigenvalue weighted by Gasteiger charge is 2.26. The van der Waals surface area contributed by atoms with Crippen molar-refractivity contribution >= 4 is 5.97 Å². The first kappa shape index (κ1) is 19.2. The Kier molecular flexibility index (Phi) is 6.81. The summed E-state index contributed by atoms with van der Waals surface area (Å²) in [5.74, 6) is 0.263. The van der Waals surface area contributed by atoms with Crippen molar-refractivity contribution in [2.75, 3.05) is 0 Å². The van der Waals surface area contributed by atoms with Crippen molar-refractivity contribution in [1.82, 2.24) is 0 Å². The number of benzene rings is 2. The molecule has 1 atom stereocenters. The van der Waals surface area contributed by atoms with Gasteiger partial charge in [0.1, 0.15) is 5.60 Å². The van der Waals surface area contributed by atoms with E-state index in [1.54, 1.807) is 0 Å². The van der Waals surface area contributed by atoms with Crippen molar-refractivity contribution < 1.29 is 9.53 Å². The van der Waals surface area contributed by atoms with Crippen LogP contribution < -0.4 is 0 Å². The van der Waals surface area contributed by atoms with Crippen molar-refractivity contribution in [3.8, 4) is 0 Å². The van der Waals surface area contributed by atoms with E-state index in [4.69, 9.17) is 4.74 Å². The molecule has 134 valence electrons. The van der Waals surface area contributed by atoms with Gasteiger partial charge in [0.25, 0.3) is 0 Å². The molecule has 25 heavy (non-hydrogen) atoms. The third-order valence-corrected chi connectivity index (χ3v) is 4.49. The Hall–Kier alpha value is -2.09. The summed E-state index contributed by atoms with van der Waals surface area (Å²) in [6.07, 6.45) is 4.02. The highest BCUT2D eigenvalue weighted by molar-refractivity contribution is 5.66. The van der Waals surface area contributed by atoms with E-state index in [1.165, 1.54) is 23.6 Å². The monoisotopic (exact) mass is 338 g/mol. The standard InChI is InChI=1S/C23H30O2/c1-18-9-8-12-21(15-18)16-22(17-23(3,4)25-19(2)24)14-13-20-10-6-5-7-11-20/h5-12,15,22H,13-14,16-17H2,1-4H3. The number of carbonyl (C=O) groups excluding carboxylic acids is 1. The topological polar surface area (TPSA) is 26.3 Å².